The topological polar surface area (TPSA) is 64.5 Å². The Morgan fingerprint density at radius 3 is 2.93 bits per heavy atom. The molecule has 15 heavy (non-hydrogen) atoms. The van der Waals surface area contributed by atoms with Gasteiger partial charge in [0.1, 0.15) is 5.82 Å². The number of hydrogen-bond acceptors (Lipinski definition) is 5. The molecule has 0 fully saturated rings. The highest BCUT2D eigenvalue weighted by atomic mass is 16.5. The van der Waals surface area contributed by atoms with E-state index in [1.54, 1.807) is 19.4 Å². The Morgan fingerprint density at radius 2 is 2.20 bits per heavy atom. The van der Waals surface area contributed by atoms with E-state index >= 15 is 0 Å². The molecule has 5 nitrogen and oxygen atoms in total. The monoisotopic (exact) mass is 212 g/mol. The molecule has 0 atom stereocenters. The zero-order chi connectivity index (χ0) is 10.9. The van der Waals surface area contributed by atoms with Crippen molar-refractivity contribution in [1.82, 2.24) is 9.97 Å². The van der Waals surface area contributed by atoms with Crippen LogP contribution in [0.4, 0.5) is 0 Å². The van der Waals surface area contributed by atoms with E-state index in [2.05, 4.69) is 9.97 Å². The summed E-state index contributed by atoms with van der Waals surface area (Å²) in [4.78, 5) is 8.21. The third-order valence-corrected chi connectivity index (χ3v) is 1.83. The second-order valence-corrected chi connectivity index (χ2v) is 2.98. The summed E-state index contributed by atoms with van der Waals surface area (Å²) in [7, 11) is 1.64. The van der Waals surface area contributed by atoms with Crippen LogP contribution in [-0.2, 0) is 22.5 Å². The molecule has 0 aliphatic rings. The van der Waals surface area contributed by atoms with E-state index < -0.39 is 0 Å². The fourth-order valence-corrected chi connectivity index (χ4v) is 1.06. The molecule has 0 amide bonds. The number of ether oxygens (including phenoxy) is 2. The Balaban J connectivity index is 2.24. The number of nitrogens with zero attached hydrogens (tertiary/aromatic N) is 2. The Bertz CT molecular complexity index is 281. The summed E-state index contributed by atoms with van der Waals surface area (Å²) in [5.41, 5.74) is 0.636. The second kappa shape index (κ2) is 7.28. The third kappa shape index (κ3) is 4.83. The van der Waals surface area contributed by atoms with Crippen molar-refractivity contribution in [2.45, 2.75) is 13.0 Å². The summed E-state index contributed by atoms with van der Waals surface area (Å²) in [6.07, 6.45) is 2.29. The number of rotatable bonds is 7. The van der Waals surface area contributed by atoms with Crippen molar-refractivity contribution in [3.8, 4) is 0 Å². The predicted octanol–water partition coefficient (Wildman–Crippen LogP) is 0.174. The molecule has 0 aliphatic heterocycles. The fourth-order valence-electron chi connectivity index (χ4n) is 1.06. The lowest BCUT2D eigenvalue weighted by atomic mass is 10.3. The first-order valence-electron chi connectivity index (χ1n) is 4.85. The van der Waals surface area contributed by atoms with E-state index in [0.29, 0.717) is 37.8 Å². The van der Waals surface area contributed by atoms with Crippen LogP contribution in [0.1, 0.15) is 11.5 Å². The van der Waals surface area contributed by atoms with E-state index in [1.165, 1.54) is 0 Å². The number of methoxy groups -OCH3 is 1. The summed E-state index contributed by atoms with van der Waals surface area (Å²) in [5, 5.41) is 8.87. The molecule has 5 heteroatoms. The number of aliphatic hydroxyl groups is 1. The summed E-state index contributed by atoms with van der Waals surface area (Å²) in [5.74, 6) is 0.693. The maximum absolute atomic E-state index is 8.87. The highest BCUT2D eigenvalue weighted by Crippen LogP contribution is 1.96. The Kier molecular flexibility index (Phi) is 5.84. The third-order valence-electron chi connectivity index (χ3n) is 1.83. The second-order valence-electron chi connectivity index (χ2n) is 2.98. The van der Waals surface area contributed by atoms with Crippen LogP contribution < -0.4 is 0 Å². The molecule has 0 saturated carbocycles. The van der Waals surface area contributed by atoms with Crippen molar-refractivity contribution in [3.05, 3.63) is 23.8 Å². The molecular weight excluding hydrogens is 196 g/mol. The maximum Gasteiger partial charge on any atom is 0.130 e. The van der Waals surface area contributed by atoms with Crippen LogP contribution in [0.25, 0.3) is 0 Å². The molecule has 0 saturated heterocycles. The molecule has 1 aromatic heterocycles. The Labute approximate surface area is 89.1 Å². The number of aliphatic hydroxyl groups excluding tert-OH is 1. The molecule has 0 bridgehead atoms. The highest BCUT2D eigenvalue weighted by molar-refractivity contribution is 5.00. The molecule has 0 spiro atoms. The first-order chi connectivity index (χ1) is 7.36. The van der Waals surface area contributed by atoms with Gasteiger partial charge in [0.25, 0.3) is 0 Å². The number of aromatic nitrogens is 2. The van der Waals surface area contributed by atoms with Crippen molar-refractivity contribution >= 4 is 0 Å². The van der Waals surface area contributed by atoms with Gasteiger partial charge in [0.2, 0.25) is 0 Å². The van der Waals surface area contributed by atoms with Crippen LogP contribution >= 0.6 is 0 Å². The zero-order valence-electron chi connectivity index (χ0n) is 8.85. The van der Waals surface area contributed by atoms with E-state index in [4.69, 9.17) is 14.6 Å². The van der Waals surface area contributed by atoms with Crippen molar-refractivity contribution < 1.29 is 14.6 Å². The van der Waals surface area contributed by atoms with E-state index in [-0.39, 0.29) is 6.61 Å². The van der Waals surface area contributed by atoms with Crippen LogP contribution in [0.3, 0.4) is 0 Å². The standard InChI is InChI=1S/C10H16N2O3/c1-14-6-7-15-5-3-10-11-4-2-9(8-13)12-10/h2,4,13H,3,5-8H2,1H3. The molecule has 0 aromatic carbocycles. The lowest BCUT2D eigenvalue weighted by Gasteiger charge is -2.03. The first kappa shape index (κ1) is 12.0. The van der Waals surface area contributed by atoms with Gasteiger partial charge in [-0.05, 0) is 6.07 Å². The summed E-state index contributed by atoms with van der Waals surface area (Å²) < 4.78 is 10.1. The van der Waals surface area contributed by atoms with Gasteiger partial charge in [-0.3, -0.25) is 0 Å². The van der Waals surface area contributed by atoms with Gasteiger partial charge in [-0.25, -0.2) is 9.97 Å². The summed E-state index contributed by atoms with van der Waals surface area (Å²) >= 11 is 0. The van der Waals surface area contributed by atoms with Crippen LogP contribution in [0.2, 0.25) is 0 Å². The smallest absolute Gasteiger partial charge is 0.130 e. The molecule has 1 rings (SSSR count). The molecule has 84 valence electrons. The molecular formula is C10H16N2O3. The molecule has 1 N–H and O–H groups in total. The summed E-state index contributed by atoms with van der Waals surface area (Å²) in [6.45, 7) is 1.69. The van der Waals surface area contributed by atoms with Crippen LogP contribution in [0, 0.1) is 0 Å². The van der Waals surface area contributed by atoms with Crippen molar-refractivity contribution in [2.75, 3.05) is 26.9 Å². The van der Waals surface area contributed by atoms with Gasteiger partial charge in [0.05, 0.1) is 32.1 Å². The van der Waals surface area contributed by atoms with Gasteiger partial charge >= 0.3 is 0 Å². The van der Waals surface area contributed by atoms with Gasteiger partial charge in [-0.2, -0.15) is 0 Å². The van der Waals surface area contributed by atoms with Crippen molar-refractivity contribution in [3.63, 3.8) is 0 Å². The fraction of sp³-hybridized carbons (Fsp3) is 0.600. The average Bonchev–Trinajstić information content (AvgIpc) is 2.29. The van der Waals surface area contributed by atoms with E-state index in [1.807, 2.05) is 0 Å². The SMILES string of the molecule is COCCOCCc1nccc(CO)n1. The largest absolute Gasteiger partial charge is 0.390 e. The molecule has 1 heterocycles. The van der Waals surface area contributed by atoms with Crippen LogP contribution in [0.5, 0.6) is 0 Å². The number of hydrogen-bond donors (Lipinski definition) is 1. The minimum atomic E-state index is -0.0555. The van der Waals surface area contributed by atoms with Crippen molar-refractivity contribution in [1.29, 1.82) is 0 Å². The molecule has 0 aliphatic carbocycles. The van der Waals surface area contributed by atoms with Crippen molar-refractivity contribution in [2.24, 2.45) is 0 Å². The van der Waals surface area contributed by atoms with Gasteiger partial charge < -0.3 is 14.6 Å². The maximum atomic E-state index is 8.87. The lowest BCUT2D eigenvalue weighted by Crippen LogP contribution is -2.07. The predicted molar refractivity (Wildman–Crippen MR) is 54.4 cm³/mol. The van der Waals surface area contributed by atoms with Gasteiger partial charge in [0, 0.05) is 19.7 Å². The normalized spacial score (nSPS) is 10.5. The Morgan fingerprint density at radius 1 is 1.33 bits per heavy atom. The quantitative estimate of drug-likeness (QED) is 0.653. The highest BCUT2D eigenvalue weighted by Gasteiger charge is 1.98. The Hall–Kier alpha value is -1.04. The summed E-state index contributed by atoms with van der Waals surface area (Å²) in [6, 6.07) is 1.69. The van der Waals surface area contributed by atoms with E-state index in [0.717, 1.165) is 0 Å². The van der Waals surface area contributed by atoms with Crippen LogP contribution in [-0.4, -0.2) is 42.0 Å². The molecule has 0 radical (unpaired) electrons. The zero-order valence-corrected chi connectivity index (χ0v) is 8.85. The van der Waals surface area contributed by atoms with Gasteiger partial charge in [-0.15, -0.1) is 0 Å². The lowest BCUT2D eigenvalue weighted by molar-refractivity contribution is 0.0716. The molecule has 1 aromatic rings. The minimum Gasteiger partial charge on any atom is -0.390 e. The van der Waals surface area contributed by atoms with Crippen LogP contribution in [0.15, 0.2) is 12.3 Å². The van der Waals surface area contributed by atoms with Gasteiger partial charge in [0.15, 0.2) is 0 Å². The first-order valence-corrected chi connectivity index (χ1v) is 4.85. The van der Waals surface area contributed by atoms with E-state index in [9.17, 15) is 0 Å². The van der Waals surface area contributed by atoms with Gasteiger partial charge in [-0.1, -0.05) is 0 Å². The molecule has 0 unspecified atom stereocenters. The average molecular weight is 212 g/mol. The minimum absolute atomic E-state index is 0.0555.